The summed E-state index contributed by atoms with van der Waals surface area (Å²) < 4.78 is 19.3. The molecule has 0 aliphatic carbocycles. The van der Waals surface area contributed by atoms with Gasteiger partial charge in [-0.3, -0.25) is 9.78 Å². The minimum Gasteiger partial charge on any atom is -0.497 e. The van der Waals surface area contributed by atoms with E-state index in [1.807, 2.05) is 30.3 Å². The molecule has 2 aromatic carbocycles. The van der Waals surface area contributed by atoms with Crippen molar-refractivity contribution in [3.63, 3.8) is 0 Å². The summed E-state index contributed by atoms with van der Waals surface area (Å²) in [7, 11) is 1.55. The average Bonchev–Trinajstić information content (AvgIpc) is 2.73. The summed E-state index contributed by atoms with van der Waals surface area (Å²) in [6, 6.07) is 17.0. The fourth-order valence-corrected chi connectivity index (χ4v) is 3.45. The molecule has 0 fully saturated rings. The van der Waals surface area contributed by atoms with Crippen LogP contribution in [0, 0.1) is 17.1 Å². The summed E-state index contributed by atoms with van der Waals surface area (Å²) in [6.07, 6.45) is 2.16. The Balaban J connectivity index is 2.07. The number of pyridine rings is 2. The maximum atomic E-state index is 13.9. The Kier molecular flexibility index (Phi) is 4.80. The normalized spacial score (nSPS) is 10.7. The lowest BCUT2D eigenvalue weighted by Gasteiger charge is -2.14. The molecule has 4 rings (SSSR count). The molecule has 0 aliphatic heterocycles. The van der Waals surface area contributed by atoms with E-state index < -0.39 is 11.4 Å². The van der Waals surface area contributed by atoms with Gasteiger partial charge in [0.1, 0.15) is 23.2 Å². The number of nitrogens with one attached hydrogen (secondary N) is 1. The van der Waals surface area contributed by atoms with E-state index in [4.69, 9.17) is 4.74 Å². The third kappa shape index (κ3) is 3.46. The molecule has 0 saturated heterocycles. The van der Waals surface area contributed by atoms with Gasteiger partial charge in [0.15, 0.2) is 0 Å². The highest BCUT2D eigenvalue weighted by Crippen LogP contribution is 2.34. The van der Waals surface area contributed by atoms with Crippen LogP contribution in [0.1, 0.15) is 16.8 Å². The molecule has 6 heteroatoms. The monoisotopic (exact) mass is 385 g/mol. The molecular weight excluding hydrogens is 369 g/mol. The number of nitriles is 1. The molecule has 0 radical (unpaired) electrons. The van der Waals surface area contributed by atoms with Crippen molar-refractivity contribution in [1.82, 2.24) is 9.97 Å². The van der Waals surface area contributed by atoms with Gasteiger partial charge in [-0.15, -0.1) is 0 Å². The van der Waals surface area contributed by atoms with E-state index in [-0.39, 0.29) is 5.56 Å². The molecule has 0 amide bonds. The number of nitrogens with zero attached hydrogens (tertiary/aromatic N) is 2. The van der Waals surface area contributed by atoms with Crippen LogP contribution in [0.15, 0.2) is 65.6 Å². The molecular formula is C23H16FN3O2. The first-order valence-corrected chi connectivity index (χ1v) is 8.93. The molecule has 0 aliphatic rings. The number of benzene rings is 2. The maximum Gasteiger partial charge on any atom is 0.267 e. The van der Waals surface area contributed by atoms with Gasteiger partial charge in [-0.2, -0.15) is 5.26 Å². The van der Waals surface area contributed by atoms with Gasteiger partial charge in [0.2, 0.25) is 0 Å². The van der Waals surface area contributed by atoms with Gasteiger partial charge in [0, 0.05) is 29.3 Å². The molecule has 5 nitrogen and oxygen atoms in total. The summed E-state index contributed by atoms with van der Waals surface area (Å²) in [5.74, 6) is 0.119. The number of H-pyrrole nitrogens is 1. The average molecular weight is 385 g/mol. The fourth-order valence-electron chi connectivity index (χ4n) is 3.45. The highest BCUT2D eigenvalue weighted by Gasteiger charge is 2.18. The summed E-state index contributed by atoms with van der Waals surface area (Å²) in [5, 5.41) is 10.2. The third-order valence-corrected chi connectivity index (χ3v) is 4.74. The van der Waals surface area contributed by atoms with Crippen molar-refractivity contribution in [2.45, 2.75) is 6.42 Å². The van der Waals surface area contributed by atoms with Crippen molar-refractivity contribution in [1.29, 1.82) is 5.26 Å². The fraction of sp³-hybridized carbons (Fsp3) is 0.0870. The zero-order valence-electron chi connectivity index (χ0n) is 15.6. The van der Waals surface area contributed by atoms with E-state index >= 15 is 0 Å². The summed E-state index contributed by atoms with van der Waals surface area (Å²) in [5.41, 5.74) is 2.42. The van der Waals surface area contributed by atoms with Crippen molar-refractivity contribution in [2.24, 2.45) is 0 Å². The molecule has 142 valence electrons. The second-order valence-corrected chi connectivity index (χ2v) is 6.53. The highest BCUT2D eigenvalue weighted by molar-refractivity contribution is 5.99. The first kappa shape index (κ1) is 18.4. The molecule has 29 heavy (non-hydrogen) atoms. The van der Waals surface area contributed by atoms with E-state index in [1.165, 1.54) is 12.1 Å². The minimum atomic E-state index is -0.522. The lowest BCUT2D eigenvalue weighted by atomic mass is 9.94. The second kappa shape index (κ2) is 7.56. The van der Waals surface area contributed by atoms with Gasteiger partial charge in [-0.25, -0.2) is 4.39 Å². The molecule has 0 bridgehead atoms. The Morgan fingerprint density at radius 3 is 2.72 bits per heavy atom. The Morgan fingerprint density at radius 1 is 1.17 bits per heavy atom. The van der Waals surface area contributed by atoms with E-state index in [0.29, 0.717) is 34.2 Å². The van der Waals surface area contributed by atoms with Gasteiger partial charge in [-0.1, -0.05) is 18.2 Å². The van der Waals surface area contributed by atoms with Crippen LogP contribution in [0.3, 0.4) is 0 Å². The van der Waals surface area contributed by atoms with Crippen molar-refractivity contribution in [2.75, 3.05) is 7.11 Å². The Morgan fingerprint density at radius 2 is 2.03 bits per heavy atom. The van der Waals surface area contributed by atoms with Crippen molar-refractivity contribution in [3.8, 4) is 22.9 Å². The van der Waals surface area contributed by atoms with Crippen LogP contribution >= 0.6 is 0 Å². The van der Waals surface area contributed by atoms with Crippen LogP contribution in [-0.2, 0) is 6.42 Å². The number of hydrogen-bond acceptors (Lipinski definition) is 4. The van der Waals surface area contributed by atoms with E-state index in [2.05, 4.69) is 9.97 Å². The number of aromatic amines is 1. The van der Waals surface area contributed by atoms with Crippen LogP contribution < -0.4 is 10.3 Å². The largest absolute Gasteiger partial charge is 0.497 e. The number of hydrogen-bond donors (Lipinski definition) is 1. The second-order valence-electron chi connectivity index (χ2n) is 6.53. The molecule has 2 heterocycles. The van der Waals surface area contributed by atoms with Crippen molar-refractivity contribution in [3.05, 3.63) is 93.8 Å². The first-order valence-electron chi connectivity index (χ1n) is 8.93. The summed E-state index contributed by atoms with van der Waals surface area (Å²) >= 11 is 0. The van der Waals surface area contributed by atoms with Crippen LogP contribution in [-0.4, -0.2) is 17.1 Å². The van der Waals surface area contributed by atoms with E-state index in [1.54, 1.807) is 31.5 Å². The van der Waals surface area contributed by atoms with Gasteiger partial charge >= 0.3 is 0 Å². The maximum absolute atomic E-state index is 13.9. The van der Waals surface area contributed by atoms with Gasteiger partial charge in [-0.05, 0) is 47.5 Å². The lowest BCUT2D eigenvalue weighted by Crippen LogP contribution is -2.13. The number of aromatic nitrogens is 2. The number of ether oxygens (including phenoxy) is 1. The molecule has 1 N–H and O–H groups in total. The van der Waals surface area contributed by atoms with E-state index in [9.17, 15) is 14.4 Å². The van der Waals surface area contributed by atoms with Crippen molar-refractivity contribution < 1.29 is 9.13 Å². The van der Waals surface area contributed by atoms with Crippen molar-refractivity contribution >= 4 is 10.9 Å². The predicted molar refractivity (Wildman–Crippen MR) is 108 cm³/mol. The summed E-state index contributed by atoms with van der Waals surface area (Å²) in [6.45, 7) is 0. The number of methoxy groups -OCH3 is 1. The number of halogens is 1. The topological polar surface area (TPSA) is 78.8 Å². The molecule has 0 atom stereocenters. The molecule has 4 aromatic rings. The van der Waals surface area contributed by atoms with Crippen LogP contribution in [0.4, 0.5) is 4.39 Å². The quantitative estimate of drug-likeness (QED) is 0.571. The van der Waals surface area contributed by atoms with Gasteiger partial charge < -0.3 is 9.72 Å². The smallest absolute Gasteiger partial charge is 0.267 e. The zero-order valence-corrected chi connectivity index (χ0v) is 15.6. The molecule has 0 unspecified atom stereocenters. The Labute approximate surface area is 166 Å². The first-order chi connectivity index (χ1) is 14.1. The van der Waals surface area contributed by atoms with Gasteiger partial charge in [0.25, 0.3) is 5.56 Å². The van der Waals surface area contributed by atoms with E-state index in [0.717, 1.165) is 11.3 Å². The van der Waals surface area contributed by atoms with Crippen LogP contribution in [0.2, 0.25) is 0 Å². The SMILES string of the molecule is COc1cc(Cc2ccccn2)c2[nH]c(=O)c(C#N)c(-c3cccc(F)c3)c2c1. The molecule has 0 saturated carbocycles. The lowest BCUT2D eigenvalue weighted by molar-refractivity contribution is 0.415. The van der Waals surface area contributed by atoms with Crippen LogP contribution in [0.25, 0.3) is 22.0 Å². The predicted octanol–water partition coefficient (Wildman–Crippen LogP) is 4.20. The third-order valence-electron chi connectivity index (χ3n) is 4.74. The minimum absolute atomic E-state index is 0.0693. The van der Waals surface area contributed by atoms with Gasteiger partial charge in [0.05, 0.1) is 12.6 Å². The summed E-state index contributed by atoms with van der Waals surface area (Å²) in [4.78, 5) is 19.9. The Hall–Kier alpha value is -3.98. The highest BCUT2D eigenvalue weighted by atomic mass is 19.1. The Bertz CT molecular complexity index is 1310. The molecule has 0 spiro atoms. The zero-order chi connectivity index (χ0) is 20.4. The number of fused-ring (bicyclic) bond motifs is 1. The standard InChI is InChI=1S/C23H16FN3O2/c1-29-18-11-15(10-17-7-2-3-8-26-17)22-19(12-18)21(20(13-25)23(28)27-22)14-5-4-6-16(24)9-14/h2-9,11-12H,10H2,1H3,(H,27,28). The molecule has 2 aromatic heterocycles. The van der Waals surface area contributed by atoms with Crippen LogP contribution in [0.5, 0.6) is 5.75 Å². The number of rotatable bonds is 4.